The summed E-state index contributed by atoms with van der Waals surface area (Å²) in [5.74, 6) is 0.240. The lowest BCUT2D eigenvalue weighted by atomic mass is 10.0. The SMILES string of the molecule is CC(C)Nc1cncc(-c2ccc3[nH]nc(-c4cc5c(-c6cc(F)cc(OCCN7CCCC7)c6)cccc5[nH]4)c3c2)c1. The third kappa shape index (κ3) is 5.70. The van der Waals surface area contributed by atoms with Crippen molar-refractivity contribution in [2.45, 2.75) is 32.7 Å². The number of rotatable bonds is 9. The Morgan fingerprint density at radius 2 is 1.79 bits per heavy atom. The number of ether oxygens (including phenoxy) is 1. The second-order valence-corrected chi connectivity index (χ2v) is 11.6. The molecule has 3 aromatic heterocycles. The van der Waals surface area contributed by atoms with E-state index in [1.165, 1.54) is 18.9 Å². The molecule has 0 spiro atoms. The van der Waals surface area contributed by atoms with Crippen molar-refractivity contribution in [1.29, 1.82) is 0 Å². The highest BCUT2D eigenvalue weighted by Gasteiger charge is 2.16. The summed E-state index contributed by atoms with van der Waals surface area (Å²) >= 11 is 0. The zero-order valence-electron chi connectivity index (χ0n) is 24.5. The molecule has 3 aromatic carbocycles. The summed E-state index contributed by atoms with van der Waals surface area (Å²) in [7, 11) is 0. The fraction of sp³-hybridized carbons (Fsp3) is 0.257. The van der Waals surface area contributed by atoms with E-state index in [4.69, 9.17) is 4.74 Å². The van der Waals surface area contributed by atoms with Crippen LogP contribution in [0.5, 0.6) is 5.75 Å². The van der Waals surface area contributed by atoms with E-state index < -0.39 is 0 Å². The van der Waals surface area contributed by atoms with Crippen molar-refractivity contribution >= 4 is 27.5 Å². The number of likely N-dealkylation sites (tertiary alicyclic amines) is 1. The summed E-state index contributed by atoms with van der Waals surface area (Å²) in [5, 5.41) is 13.3. The molecule has 1 fully saturated rings. The molecular weight excluding hydrogens is 539 g/mol. The summed E-state index contributed by atoms with van der Waals surface area (Å²) in [4.78, 5) is 10.4. The van der Waals surface area contributed by atoms with Crippen molar-refractivity contribution in [3.63, 3.8) is 0 Å². The quantitative estimate of drug-likeness (QED) is 0.164. The number of nitrogens with zero attached hydrogens (tertiary/aromatic N) is 3. The molecule has 1 aliphatic heterocycles. The molecule has 8 heteroatoms. The Morgan fingerprint density at radius 3 is 2.65 bits per heavy atom. The normalized spacial score (nSPS) is 13.9. The number of benzene rings is 3. The predicted molar refractivity (Wildman–Crippen MR) is 172 cm³/mol. The van der Waals surface area contributed by atoms with Crippen LogP contribution in [0.2, 0.25) is 0 Å². The molecule has 0 bridgehead atoms. The summed E-state index contributed by atoms with van der Waals surface area (Å²) in [5.41, 5.74) is 8.41. The van der Waals surface area contributed by atoms with Crippen LogP contribution in [0.4, 0.5) is 10.1 Å². The Labute approximate surface area is 250 Å². The lowest BCUT2D eigenvalue weighted by Gasteiger charge is -2.15. The summed E-state index contributed by atoms with van der Waals surface area (Å²) in [6, 6.07) is 21.8. The molecule has 1 saturated heterocycles. The molecule has 0 radical (unpaired) electrons. The molecular formula is C35H35FN6O. The minimum absolute atomic E-state index is 0.311. The number of hydrogen-bond donors (Lipinski definition) is 3. The van der Waals surface area contributed by atoms with Gasteiger partial charge in [-0.2, -0.15) is 5.10 Å². The molecule has 7 rings (SSSR count). The highest BCUT2D eigenvalue weighted by Crippen LogP contribution is 2.36. The Bertz CT molecular complexity index is 1900. The maximum absolute atomic E-state index is 14.8. The number of aromatic amines is 2. The second kappa shape index (κ2) is 11.5. The van der Waals surface area contributed by atoms with Crippen LogP contribution in [0.15, 0.2) is 79.1 Å². The van der Waals surface area contributed by atoms with Gasteiger partial charge in [-0.3, -0.25) is 15.0 Å². The Kier molecular flexibility index (Phi) is 7.28. The first-order valence-electron chi connectivity index (χ1n) is 15.0. The fourth-order valence-electron chi connectivity index (χ4n) is 6.04. The number of anilines is 1. The van der Waals surface area contributed by atoms with Crippen LogP contribution >= 0.6 is 0 Å². The average Bonchev–Trinajstić information content (AvgIpc) is 3.76. The van der Waals surface area contributed by atoms with Gasteiger partial charge in [0.05, 0.1) is 16.9 Å². The van der Waals surface area contributed by atoms with Gasteiger partial charge in [-0.05, 0) is 98.9 Å². The van der Waals surface area contributed by atoms with Gasteiger partial charge in [0.1, 0.15) is 23.9 Å². The van der Waals surface area contributed by atoms with Crippen LogP contribution in [0.25, 0.3) is 55.4 Å². The second-order valence-electron chi connectivity index (χ2n) is 11.6. The summed E-state index contributed by atoms with van der Waals surface area (Å²) < 4.78 is 20.8. The van der Waals surface area contributed by atoms with E-state index in [0.717, 1.165) is 80.8 Å². The molecule has 0 saturated carbocycles. The number of hydrogen-bond acceptors (Lipinski definition) is 5. The van der Waals surface area contributed by atoms with E-state index in [0.29, 0.717) is 18.4 Å². The predicted octanol–water partition coefficient (Wildman–Crippen LogP) is 7.87. The van der Waals surface area contributed by atoms with Crippen LogP contribution in [0.3, 0.4) is 0 Å². The number of nitrogens with one attached hydrogen (secondary N) is 3. The van der Waals surface area contributed by atoms with Crippen LogP contribution in [-0.2, 0) is 0 Å². The molecule has 3 N–H and O–H groups in total. The van der Waals surface area contributed by atoms with Gasteiger partial charge in [0.25, 0.3) is 0 Å². The van der Waals surface area contributed by atoms with Gasteiger partial charge in [0.15, 0.2) is 0 Å². The van der Waals surface area contributed by atoms with E-state index in [9.17, 15) is 4.39 Å². The molecule has 1 aliphatic rings. The van der Waals surface area contributed by atoms with Crippen molar-refractivity contribution in [2.75, 3.05) is 31.6 Å². The molecule has 0 amide bonds. The number of fused-ring (bicyclic) bond motifs is 2. The number of halogens is 1. The molecule has 6 aromatic rings. The largest absolute Gasteiger partial charge is 0.492 e. The smallest absolute Gasteiger partial charge is 0.127 e. The fourth-order valence-corrected chi connectivity index (χ4v) is 6.04. The Balaban J connectivity index is 1.21. The number of aromatic nitrogens is 4. The van der Waals surface area contributed by atoms with Crippen molar-refractivity contribution in [3.05, 3.63) is 84.9 Å². The molecule has 7 nitrogen and oxygen atoms in total. The van der Waals surface area contributed by atoms with E-state index in [1.54, 1.807) is 6.07 Å². The first-order valence-corrected chi connectivity index (χ1v) is 15.0. The number of pyridine rings is 1. The van der Waals surface area contributed by atoms with Gasteiger partial charge in [-0.1, -0.05) is 18.2 Å². The lowest BCUT2D eigenvalue weighted by molar-refractivity contribution is 0.237. The highest BCUT2D eigenvalue weighted by molar-refractivity contribution is 6.02. The Hall–Kier alpha value is -4.69. The maximum Gasteiger partial charge on any atom is 0.127 e. The van der Waals surface area contributed by atoms with Gasteiger partial charge in [0, 0.05) is 52.9 Å². The number of H-pyrrole nitrogens is 2. The van der Waals surface area contributed by atoms with E-state index in [-0.39, 0.29) is 5.82 Å². The van der Waals surface area contributed by atoms with Gasteiger partial charge in [-0.15, -0.1) is 0 Å². The minimum Gasteiger partial charge on any atom is -0.492 e. The first-order chi connectivity index (χ1) is 21.0. The lowest BCUT2D eigenvalue weighted by Crippen LogP contribution is -2.25. The molecule has 43 heavy (non-hydrogen) atoms. The summed E-state index contributed by atoms with van der Waals surface area (Å²) in [6.07, 6.45) is 6.20. The van der Waals surface area contributed by atoms with Crippen LogP contribution < -0.4 is 10.1 Å². The topological polar surface area (TPSA) is 81.9 Å². The van der Waals surface area contributed by atoms with E-state index in [1.807, 2.05) is 36.7 Å². The standard InChI is InChI=1S/C35H35FN6O/c1-22(2)38-27-15-25(20-37-21-27)23-8-9-33-31(17-23)35(41-40-33)34-19-30-29(6-5-7-32(30)39-34)24-14-26(36)18-28(16-24)43-13-12-42-10-3-4-11-42/h5-9,14-22,38-39H,3-4,10-13H2,1-2H3,(H,40,41). The molecule has 4 heterocycles. The highest BCUT2D eigenvalue weighted by atomic mass is 19.1. The van der Waals surface area contributed by atoms with Crippen molar-refractivity contribution in [2.24, 2.45) is 0 Å². The van der Waals surface area contributed by atoms with Crippen molar-refractivity contribution < 1.29 is 9.13 Å². The average molecular weight is 575 g/mol. The Morgan fingerprint density at radius 1 is 0.907 bits per heavy atom. The van der Waals surface area contributed by atoms with Gasteiger partial charge in [-0.25, -0.2) is 4.39 Å². The van der Waals surface area contributed by atoms with Crippen LogP contribution in [-0.4, -0.2) is 57.3 Å². The van der Waals surface area contributed by atoms with Gasteiger partial charge in [0.2, 0.25) is 0 Å². The minimum atomic E-state index is -0.311. The van der Waals surface area contributed by atoms with E-state index >= 15 is 0 Å². The van der Waals surface area contributed by atoms with Gasteiger partial charge < -0.3 is 15.0 Å². The van der Waals surface area contributed by atoms with Crippen LogP contribution in [0, 0.1) is 5.82 Å². The van der Waals surface area contributed by atoms with E-state index in [2.05, 4.69) is 74.6 Å². The van der Waals surface area contributed by atoms with Crippen LogP contribution in [0.1, 0.15) is 26.7 Å². The first kappa shape index (κ1) is 27.2. The molecule has 0 atom stereocenters. The van der Waals surface area contributed by atoms with Crippen molar-refractivity contribution in [1.82, 2.24) is 25.1 Å². The zero-order valence-corrected chi connectivity index (χ0v) is 24.5. The summed E-state index contributed by atoms with van der Waals surface area (Å²) in [6.45, 7) is 7.85. The van der Waals surface area contributed by atoms with Crippen molar-refractivity contribution in [3.8, 4) is 39.4 Å². The zero-order chi connectivity index (χ0) is 29.3. The molecule has 0 aliphatic carbocycles. The molecule has 218 valence electrons. The maximum atomic E-state index is 14.8. The third-order valence-corrected chi connectivity index (χ3v) is 8.07. The molecule has 0 unspecified atom stereocenters. The monoisotopic (exact) mass is 574 g/mol. The third-order valence-electron chi connectivity index (χ3n) is 8.07. The van der Waals surface area contributed by atoms with Gasteiger partial charge >= 0.3 is 0 Å².